The summed E-state index contributed by atoms with van der Waals surface area (Å²) in [5.41, 5.74) is 2.91. The van der Waals surface area contributed by atoms with Gasteiger partial charge in [-0.2, -0.15) is 0 Å². The van der Waals surface area contributed by atoms with Crippen molar-refractivity contribution in [3.63, 3.8) is 0 Å². The largest absolute Gasteiger partial charge is 0.462 e. The molecule has 1 N–H and O–H groups in total. The van der Waals surface area contributed by atoms with Crippen LogP contribution < -0.4 is 0 Å². The molecule has 0 saturated heterocycles. The van der Waals surface area contributed by atoms with Crippen molar-refractivity contribution in [2.45, 2.75) is 111 Å². The van der Waals surface area contributed by atoms with Crippen LogP contribution in [-0.4, -0.2) is 34.9 Å². The van der Waals surface area contributed by atoms with Gasteiger partial charge in [0.15, 0.2) is 0 Å². The van der Waals surface area contributed by atoms with Gasteiger partial charge in [-0.3, -0.25) is 9.59 Å². The minimum absolute atomic E-state index is 0.261. The third-order valence-corrected chi connectivity index (χ3v) is 8.41. The van der Waals surface area contributed by atoms with E-state index in [1.807, 2.05) is 13.8 Å². The second-order valence-corrected chi connectivity index (χ2v) is 11.8. The van der Waals surface area contributed by atoms with Gasteiger partial charge in [-0.15, -0.1) is 0 Å². The minimum atomic E-state index is -0.635. The fraction of sp³-hybridized carbons (Fsp3) is 0.724. The number of fused-ring (bicyclic) bond motifs is 1. The molecule has 0 radical (unpaired) electrons. The maximum atomic E-state index is 11.6. The van der Waals surface area contributed by atoms with Gasteiger partial charge in [0.2, 0.25) is 0 Å². The molecule has 3 aliphatic carbocycles. The van der Waals surface area contributed by atoms with Gasteiger partial charge in [0.1, 0.15) is 12.2 Å². The molecule has 0 bridgehead atoms. The van der Waals surface area contributed by atoms with Gasteiger partial charge in [0, 0.05) is 26.7 Å². The van der Waals surface area contributed by atoms with Gasteiger partial charge in [-0.1, -0.05) is 38.2 Å². The number of ether oxygens (including phenoxy) is 2. The quantitative estimate of drug-likeness (QED) is 0.475. The Balaban J connectivity index is 1.82. The van der Waals surface area contributed by atoms with Gasteiger partial charge in [0.25, 0.3) is 0 Å². The topological polar surface area (TPSA) is 72.8 Å². The molecule has 0 heterocycles. The van der Waals surface area contributed by atoms with Crippen LogP contribution in [0.4, 0.5) is 0 Å². The third-order valence-electron chi connectivity index (χ3n) is 8.41. The van der Waals surface area contributed by atoms with Crippen LogP contribution in [0.2, 0.25) is 0 Å². The summed E-state index contributed by atoms with van der Waals surface area (Å²) in [4.78, 5) is 23.2. The van der Waals surface area contributed by atoms with Crippen molar-refractivity contribution < 1.29 is 24.2 Å². The fourth-order valence-electron chi connectivity index (χ4n) is 7.22. The minimum Gasteiger partial charge on any atom is -0.462 e. The molecule has 3 fully saturated rings. The molecule has 3 rings (SSSR count). The Morgan fingerprint density at radius 3 is 2.50 bits per heavy atom. The third kappa shape index (κ3) is 6.21. The summed E-state index contributed by atoms with van der Waals surface area (Å²) >= 11 is 0. The van der Waals surface area contributed by atoms with E-state index in [1.165, 1.54) is 45.1 Å². The Kier molecular flexibility index (Phi) is 8.17. The number of carbonyl (C=O) groups is 2. The maximum Gasteiger partial charge on any atom is 0.303 e. The molecular weight excluding hydrogens is 428 g/mol. The average molecular weight is 473 g/mol. The molecule has 6 atom stereocenters. The van der Waals surface area contributed by atoms with Crippen LogP contribution in [0, 0.1) is 23.2 Å². The fourth-order valence-corrected chi connectivity index (χ4v) is 7.22. The van der Waals surface area contributed by atoms with Crippen molar-refractivity contribution in [1.82, 2.24) is 0 Å². The molecule has 5 nitrogen and oxygen atoms in total. The van der Waals surface area contributed by atoms with Gasteiger partial charge < -0.3 is 14.6 Å². The zero-order valence-electron chi connectivity index (χ0n) is 22.0. The van der Waals surface area contributed by atoms with E-state index in [-0.39, 0.29) is 23.5 Å². The zero-order valence-corrected chi connectivity index (χ0v) is 22.0. The smallest absolute Gasteiger partial charge is 0.303 e. The van der Waals surface area contributed by atoms with E-state index in [0.29, 0.717) is 30.6 Å². The molecule has 0 unspecified atom stereocenters. The number of allylic oxidation sites excluding steroid dienone is 3. The lowest BCUT2D eigenvalue weighted by Crippen LogP contribution is -2.38. The van der Waals surface area contributed by atoms with E-state index < -0.39 is 11.7 Å². The molecule has 34 heavy (non-hydrogen) atoms. The summed E-state index contributed by atoms with van der Waals surface area (Å²) < 4.78 is 11.0. The normalized spacial score (nSPS) is 35.2. The highest BCUT2D eigenvalue weighted by Crippen LogP contribution is 2.60. The standard InChI is InChI=1S/C29H44O5/c1-18(17-28(5,6)32)25-12-13-26-22(9-8-14-29(25,26)7)10-11-23-15-24(33-20(3)30)16-27(19(23)2)34-21(4)31/h10-11,18,24-27,32H,2,8-9,12-17H2,1,3-7H3/b22-10+,23-11-/t18-,24-,25-,26+,27+,29-/m1/s1. The van der Waals surface area contributed by atoms with Crippen molar-refractivity contribution in [2.75, 3.05) is 0 Å². The first kappa shape index (κ1) is 26.7. The van der Waals surface area contributed by atoms with E-state index in [4.69, 9.17) is 9.47 Å². The van der Waals surface area contributed by atoms with Crippen molar-refractivity contribution in [3.8, 4) is 0 Å². The lowest BCUT2D eigenvalue weighted by atomic mass is 9.60. The van der Waals surface area contributed by atoms with Crippen molar-refractivity contribution in [1.29, 1.82) is 0 Å². The molecule has 0 aliphatic heterocycles. The van der Waals surface area contributed by atoms with Gasteiger partial charge in [0.05, 0.1) is 5.60 Å². The Hall–Kier alpha value is -1.88. The van der Waals surface area contributed by atoms with E-state index in [9.17, 15) is 14.7 Å². The highest BCUT2D eigenvalue weighted by Gasteiger charge is 2.51. The molecule has 3 saturated carbocycles. The van der Waals surface area contributed by atoms with Crippen LogP contribution in [0.3, 0.4) is 0 Å². The first-order chi connectivity index (χ1) is 15.8. The summed E-state index contributed by atoms with van der Waals surface area (Å²) in [6, 6.07) is 0. The molecule has 3 aliphatic rings. The predicted octanol–water partition coefficient (Wildman–Crippen LogP) is 6.07. The van der Waals surface area contributed by atoms with Crippen LogP contribution >= 0.6 is 0 Å². The summed E-state index contributed by atoms with van der Waals surface area (Å²) in [5, 5.41) is 10.4. The molecule has 0 aromatic rings. The summed E-state index contributed by atoms with van der Waals surface area (Å²) in [7, 11) is 0. The number of rotatable bonds is 6. The predicted molar refractivity (Wildman–Crippen MR) is 134 cm³/mol. The second kappa shape index (κ2) is 10.4. The lowest BCUT2D eigenvalue weighted by Gasteiger charge is -2.45. The Morgan fingerprint density at radius 1 is 1.21 bits per heavy atom. The van der Waals surface area contributed by atoms with Crippen LogP contribution in [0.15, 0.2) is 35.5 Å². The molecule has 0 amide bonds. The molecule has 0 spiro atoms. The molecule has 5 heteroatoms. The molecule has 0 aromatic heterocycles. The highest BCUT2D eigenvalue weighted by molar-refractivity contribution is 5.67. The van der Waals surface area contributed by atoms with E-state index in [2.05, 4.69) is 32.6 Å². The van der Waals surface area contributed by atoms with Crippen LogP contribution in [0.25, 0.3) is 0 Å². The van der Waals surface area contributed by atoms with Crippen LogP contribution in [0.5, 0.6) is 0 Å². The van der Waals surface area contributed by atoms with E-state index >= 15 is 0 Å². The van der Waals surface area contributed by atoms with Gasteiger partial charge in [-0.05, 0) is 86.7 Å². The van der Waals surface area contributed by atoms with E-state index in [1.54, 1.807) is 0 Å². The van der Waals surface area contributed by atoms with Crippen LogP contribution in [-0.2, 0) is 19.1 Å². The SMILES string of the molecule is C=C1/C(=C\C=C2/CCC[C@]3(C)[C@@H]([C@H](C)CC(C)(C)O)CC[C@@H]23)C[C@@H](OC(C)=O)C[C@@H]1OC(C)=O. The number of hydrogen-bond donors (Lipinski definition) is 1. The summed E-state index contributed by atoms with van der Waals surface area (Å²) in [5.74, 6) is 0.980. The Bertz CT molecular complexity index is 860. The zero-order chi connectivity index (χ0) is 25.3. The lowest BCUT2D eigenvalue weighted by molar-refractivity contribution is -0.152. The number of hydrogen-bond acceptors (Lipinski definition) is 5. The first-order valence-corrected chi connectivity index (χ1v) is 13.0. The molecule has 0 aromatic carbocycles. The Morgan fingerprint density at radius 2 is 1.88 bits per heavy atom. The van der Waals surface area contributed by atoms with Crippen molar-refractivity contribution >= 4 is 11.9 Å². The number of carbonyl (C=O) groups excluding carboxylic acids is 2. The monoisotopic (exact) mass is 472 g/mol. The Labute approximate surface area is 205 Å². The summed E-state index contributed by atoms with van der Waals surface area (Å²) in [6.07, 6.45) is 11.4. The molecular formula is C29H44O5. The second-order valence-electron chi connectivity index (χ2n) is 11.8. The van der Waals surface area contributed by atoms with Gasteiger partial charge in [-0.25, -0.2) is 0 Å². The first-order valence-electron chi connectivity index (χ1n) is 13.0. The number of aliphatic hydroxyl groups is 1. The maximum absolute atomic E-state index is 11.6. The van der Waals surface area contributed by atoms with E-state index in [0.717, 1.165) is 24.0 Å². The highest BCUT2D eigenvalue weighted by atomic mass is 16.6. The summed E-state index contributed by atoms with van der Waals surface area (Å²) in [6.45, 7) is 15.6. The van der Waals surface area contributed by atoms with Crippen molar-refractivity contribution in [3.05, 3.63) is 35.5 Å². The van der Waals surface area contributed by atoms with Crippen LogP contribution in [0.1, 0.15) is 92.9 Å². The van der Waals surface area contributed by atoms with Crippen molar-refractivity contribution in [2.24, 2.45) is 23.2 Å². The molecule has 190 valence electrons. The van der Waals surface area contributed by atoms with Gasteiger partial charge >= 0.3 is 11.9 Å². The average Bonchev–Trinajstić information content (AvgIpc) is 3.04. The number of esters is 2.